The van der Waals surface area contributed by atoms with Crippen molar-refractivity contribution in [2.45, 2.75) is 19.8 Å². The Morgan fingerprint density at radius 3 is 2.41 bits per heavy atom. The molecule has 2 N–H and O–H groups in total. The van der Waals surface area contributed by atoms with Crippen molar-refractivity contribution >= 4 is 17.8 Å². The number of hydrogen-bond acceptors (Lipinski definition) is 4. The van der Waals surface area contributed by atoms with Crippen molar-refractivity contribution < 1.29 is 23.5 Å². The van der Waals surface area contributed by atoms with Crippen molar-refractivity contribution in [2.75, 3.05) is 13.1 Å². The third-order valence-electron chi connectivity index (χ3n) is 3.60. The van der Waals surface area contributed by atoms with Crippen LogP contribution in [0.25, 0.3) is 0 Å². The number of ether oxygens (including phenoxy) is 1. The highest BCUT2D eigenvalue weighted by Crippen LogP contribution is 2.13. The molecule has 0 radical (unpaired) electrons. The third kappa shape index (κ3) is 7.27. The van der Waals surface area contributed by atoms with Crippen LogP contribution in [0.4, 0.5) is 4.39 Å². The summed E-state index contributed by atoms with van der Waals surface area (Å²) in [6, 6.07) is 12.1. The highest BCUT2D eigenvalue weighted by molar-refractivity contribution is 5.94. The number of halogens is 1. The molecule has 0 atom stereocenters. The second kappa shape index (κ2) is 10.1. The molecule has 0 aliphatic heterocycles. The van der Waals surface area contributed by atoms with E-state index >= 15 is 0 Å². The first-order valence-electron chi connectivity index (χ1n) is 8.52. The zero-order valence-corrected chi connectivity index (χ0v) is 15.0. The molecule has 2 rings (SSSR count). The molecule has 2 aromatic carbocycles. The van der Waals surface area contributed by atoms with Gasteiger partial charge in [0.15, 0.2) is 0 Å². The predicted molar refractivity (Wildman–Crippen MR) is 97.8 cm³/mol. The van der Waals surface area contributed by atoms with Crippen LogP contribution in [0.3, 0.4) is 0 Å². The van der Waals surface area contributed by atoms with E-state index in [2.05, 4.69) is 10.6 Å². The molecule has 27 heavy (non-hydrogen) atoms. The summed E-state index contributed by atoms with van der Waals surface area (Å²) in [5.74, 6) is -0.941. The van der Waals surface area contributed by atoms with E-state index in [1.54, 1.807) is 30.3 Å². The fourth-order valence-corrected chi connectivity index (χ4v) is 2.34. The smallest absolute Gasteiger partial charge is 0.308 e. The summed E-state index contributed by atoms with van der Waals surface area (Å²) in [5.41, 5.74) is 1.11. The average molecular weight is 372 g/mol. The molecule has 142 valence electrons. The van der Waals surface area contributed by atoms with Crippen LogP contribution in [0, 0.1) is 5.82 Å². The van der Waals surface area contributed by atoms with Crippen molar-refractivity contribution in [1.29, 1.82) is 0 Å². The normalized spacial score (nSPS) is 10.1. The SMILES string of the molecule is CC(=O)Oc1cccc(C(=O)NCCCNC(=O)Cc2ccc(F)cc2)c1. The van der Waals surface area contributed by atoms with Gasteiger partial charge in [-0.25, -0.2) is 4.39 Å². The van der Waals surface area contributed by atoms with Crippen LogP contribution < -0.4 is 15.4 Å². The zero-order valence-electron chi connectivity index (χ0n) is 15.0. The zero-order chi connectivity index (χ0) is 19.6. The first-order chi connectivity index (χ1) is 12.9. The lowest BCUT2D eigenvalue weighted by molar-refractivity contribution is -0.131. The fraction of sp³-hybridized carbons (Fsp3) is 0.250. The molecule has 0 aliphatic carbocycles. The predicted octanol–water partition coefficient (Wildman–Crippen LogP) is 2.23. The Morgan fingerprint density at radius 2 is 1.70 bits per heavy atom. The molecular formula is C20H21FN2O4. The molecule has 0 spiro atoms. The molecule has 0 aromatic heterocycles. The maximum absolute atomic E-state index is 12.8. The molecule has 0 unspecified atom stereocenters. The summed E-state index contributed by atoms with van der Waals surface area (Å²) in [6.45, 7) is 2.08. The number of nitrogens with one attached hydrogen (secondary N) is 2. The number of carbonyl (C=O) groups excluding carboxylic acids is 3. The topological polar surface area (TPSA) is 84.5 Å². The van der Waals surface area contributed by atoms with Gasteiger partial charge >= 0.3 is 5.97 Å². The van der Waals surface area contributed by atoms with E-state index in [1.807, 2.05) is 0 Å². The van der Waals surface area contributed by atoms with Gasteiger partial charge < -0.3 is 15.4 Å². The number of carbonyl (C=O) groups is 3. The monoisotopic (exact) mass is 372 g/mol. The second-order valence-electron chi connectivity index (χ2n) is 5.88. The van der Waals surface area contributed by atoms with Crippen LogP contribution in [0.5, 0.6) is 5.75 Å². The van der Waals surface area contributed by atoms with Crippen LogP contribution in [-0.4, -0.2) is 30.9 Å². The van der Waals surface area contributed by atoms with Gasteiger partial charge in [-0.1, -0.05) is 18.2 Å². The molecule has 2 aromatic rings. The molecular weight excluding hydrogens is 351 g/mol. The van der Waals surface area contributed by atoms with Gasteiger partial charge in [-0.15, -0.1) is 0 Å². The van der Waals surface area contributed by atoms with E-state index in [-0.39, 0.29) is 24.1 Å². The number of hydrogen-bond donors (Lipinski definition) is 2. The van der Waals surface area contributed by atoms with E-state index in [0.717, 1.165) is 5.56 Å². The Bertz CT molecular complexity index is 806. The first kappa shape index (κ1) is 20.1. The van der Waals surface area contributed by atoms with Gasteiger partial charge in [-0.2, -0.15) is 0 Å². The van der Waals surface area contributed by atoms with E-state index in [0.29, 0.717) is 30.8 Å². The average Bonchev–Trinajstić information content (AvgIpc) is 2.63. The van der Waals surface area contributed by atoms with Crippen molar-refractivity contribution in [2.24, 2.45) is 0 Å². The quantitative estimate of drug-likeness (QED) is 0.423. The summed E-state index contributed by atoms with van der Waals surface area (Å²) >= 11 is 0. The van der Waals surface area contributed by atoms with Gasteiger partial charge in [0.25, 0.3) is 5.91 Å². The number of rotatable bonds is 8. The molecule has 2 amide bonds. The Morgan fingerprint density at radius 1 is 1.00 bits per heavy atom. The van der Waals surface area contributed by atoms with Crippen molar-refractivity contribution in [3.63, 3.8) is 0 Å². The molecule has 0 heterocycles. The summed E-state index contributed by atoms with van der Waals surface area (Å²) in [5, 5.41) is 5.49. The number of amides is 2. The Labute approximate surface area is 156 Å². The Kier molecular flexibility index (Phi) is 7.49. The van der Waals surface area contributed by atoms with Crippen LogP contribution in [0.1, 0.15) is 29.3 Å². The second-order valence-corrected chi connectivity index (χ2v) is 5.88. The minimum atomic E-state index is -0.455. The van der Waals surface area contributed by atoms with Crippen molar-refractivity contribution in [3.05, 3.63) is 65.5 Å². The Hall–Kier alpha value is -3.22. The van der Waals surface area contributed by atoms with Crippen molar-refractivity contribution in [3.8, 4) is 5.75 Å². The van der Waals surface area contributed by atoms with Crippen LogP contribution in [0.2, 0.25) is 0 Å². The summed E-state index contributed by atoms with van der Waals surface area (Å²) in [4.78, 5) is 34.8. The van der Waals surface area contributed by atoms with E-state index in [9.17, 15) is 18.8 Å². The van der Waals surface area contributed by atoms with Crippen molar-refractivity contribution in [1.82, 2.24) is 10.6 Å². The molecule has 0 bridgehead atoms. The number of benzene rings is 2. The van der Waals surface area contributed by atoms with Gasteiger partial charge in [-0.3, -0.25) is 14.4 Å². The fourth-order valence-electron chi connectivity index (χ4n) is 2.34. The van der Waals surface area contributed by atoms with E-state index < -0.39 is 5.97 Å². The minimum absolute atomic E-state index is 0.165. The van der Waals surface area contributed by atoms with Crippen LogP contribution in [-0.2, 0) is 16.0 Å². The van der Waals surface area contributed by atoms with E-state index in [1.165, 1.54) is 25.1 Å². The minimum Gasteiger partial charge on any atom is -0.427 e. The van der Waals surface area contributed by atoms with Gasteiger partial charge in [-0.05, 0) is 42.3 Å². The summed E-state index contributed by atoms with van der Waals surface area (Å²) in [6.07, 6.45) is 0.736. The van der Waals surface area contributed by atoms with E-state index in [4.69, 9.17) is 4.74 Å². The molecule has 7 heteroatoms. The molecule has 6 nitrogen and oxygen atoms in total. The lowest BCUT2D eigenvalue weighted by Crippen LogP contribution is -2.30. The standard InChI is InChI=1S/C20H21FN2O4/c1-14(24)27-18-5-2-4-16(13-18)20(26)23-11-3-10-22-19(25)12-15-6-8-17(21)9-7-15/h2,4-9,13H,3,10-12H2,1H3,(H,22,25)(H,23,26). The van der Waals surface area contributed by atoms with Gasteiger partial charge in [0.1, 0.15) is 11.6 Å². The van der Waals surface area contributed by atoms with Gasteiger partial charge in [0, 0.05) is 25.6 Å². The lowest BCUT2D eigenvalue weighted by atomic mass is 10.1. The lowest BCUT2D eigenvalue weighted by Gasteiger charge is -2.08. The maximum Gasteiger partial charge on any atom is 0.308 e. The first-order valence-corrected chi connectivity index (χ1v) is 8.52. The van der Waals surface area contributed by atoms with Gasteiger partial charge in [0.05, 0.1) is 6.42 Å². The summed E-state index contributed by atoms with van der Waals surface area (Å²) < 4.78 is 17.8. The molecule has 0 aliphatic rings. The van der Waals surface area contributed by atoms with Gasteiger partial charge in [0.2, 0.25) is 5.91 Å². The van der Waals surface area contributed by atoms with Crippen LogP contribution in [0.15, 0.2) is 48.5 Å². The summed E-state index contributed by atoms with van der Waals surface area (Å²) in [7, 11) is 0. The van der Waals surface area contributed by atoms with Crippen LogP contribution >= 0.6 is 0 Å². The molecule has 0 saturated heterocycles. The maximum atomic E-state index is 12.8. The largest absolute Gasteiger partial charge is 0.427 e. The molecule has 0 fully saturated rings. The number of esters is 1. The Balaban J connectivity index is 1.67. The highest BCUT2D eigenvalue weighted by atomic mass is 19.1. The molecule has 0 saturated carbocycles. The third-order valence-corrected chi connectivity index (χ3v) is 3.60. The highest BCUT2D eigenvalue weighted by Gasteiger charge is 2.08.